The van der Waals surface area contributed by atoms with E-state index in [0.29, 0.717) is 23.6 Å². The summed E-state index contributed by atoms with van der Waals surface area (Å²) in [5.41, 5.74) is 1.05. The van der Waals surface area contributed by atoms with Gasteiger partial charge in [-0.05, 0) is 37.8 Å². The fourth-order valence-electron chi connectivity index (χ4n) is 1.67. The maximum atomic E-state index is 12.2. The highest BCUT2D eigenvalue weighted by Crippen LogP contribution is 2.17. The van der Waals surface area contributed by atoms with Gasteiger partial charge in [-0.15, -0.1) is 0 Å². The molecular weight excluding hydrogens is 262 g/mol. The van der Waals surface area contributed by atoms with Crippen molar-refractivity contribution in [1.82, 2.24) is 4.72 Å². The van der Waals surface area contributed by atoms with Gasteiger partial charge in [-0.3, -0.25) is 4.79 Å². The second kappa shape index (κ2) is 6.30. The molecule has 0 radical (unpaired) electrons. The van der Waals surface area contributed by atoms with Gasteiger partial charge in [0, 0.05) is 12.1 Å². The van der Waals surface area contributed by atoms with Crippen LogP contribution in [0.3, 0.4) is 0 Å². The van der Waals surface area contributed by atoms with Gasteiger partial charge >= 0.3 is 0 Å². The molecule has 0 atom stereocenters. The first-order valence-electron chi connectivity index (χ1n) is 6.35. The lowest BCUT2D eigenvalue weighted by atomic mass is 10.1. The summed E-state index contributed by atoms with van der Waals surface area (Å²) in [4.78, 5) is 11.5. The van der Waals surface area contributed by atoms with Crippen molar-refractivity contribution >= 4 is 15.8 Å². The fraction of sp³-hybridized carbons (Fsp3) is 0.500. The van der Waals surface area contributed by atoms with Crippen LogP contribution in [0.2, 0.25) is 0 Å². The highest BCUT2D eigenvalue weighted by molar-refractivity contribution is 7.89. The number of ketones is 1. The lowest BCUT2D eigenvalue weighted by Gasteiger charge is -2.11. The molecule has 0 saturated heterocycles. The molecule has 19 heavy (non-hydrogen) atoms. The van der Waals surface area contributed by atoms with Crippen molar-refractivity contribution < 1.29 is 13.2 Å². The zero-order valence-electron chi connectivity index (χ0n) is 11.9. The number of benzene rings is 1. The Labute approximate surface area is 115 Å². The number of hydrogen-bond acceptors (Lipinski definition) is 3. The van der Waals surface area contributed by atoms with Crippen LogP contribution in [0, 0.1) is 12.8 Å². The van der Waals surface area contributed by atoms with Crippen molar-refractivity contribution in [1.29, 1.82) is 0 Å². The first-order chi connectivity index (χ1) is 8.74. The van der Waals surface area contributed by atoms with E-state index < -0.39 is 10.0 Å². The number of carbonyl (C=O) groups is 1. The van der Waals surface area contributed by atoms with E-state index in [-0.39, 0.29) is 10.7 Å². The van der Waals surface area contributed by atoms with Crippen molar-refractivity contribution in [2.45, 2.75) is 39.0 Å². The highest BCUT2D eigenvalue weighted by Gasteiger charge is 2.17. The normalized spacial score (nSPS) is 11.8. The number of aryl methyl sites for hydroxylation is 1. The summed E-state index contributed by atoms with van der Waals surface area (Å²) in [6.45, 7) is 7.63. The summed E-state index contributed by atoms with van der Waals surface area (Å²) < 4.78 is 26.9. The smallest absolute Gasteiger partial charge is 0.240 e. The Bertz CT molecular complexity index is 562. The largest absolute Gasteiger partial charge is 0.295 e. The molecule has 0 heterocycles. The van der Waals surface area contributed by atoms with E-state index in [2.05, 4.69) is 4.72 Å². The Morgan fingerprint density at radius 3 is 2.47 bits per heavy atom. The maximum Gasteiger partial charge on any atom is 0.240 e. The van der Waals surface area contributed by atoms with Gasteiger partial charge in [-0.1, -0.05) is 26.0 Å². The molecule has 0 aromatic heterocycles. The molecule has 0 amide bonds. The molecule has 1 aromatic rings. The first-order valence-corrected chi connectivity index (χ1v) is 7.83. The first kappa shape index (κ1) is 15.9. The monoisotopic (exact) mass is 283 g/mol. The van der Waals surface area contributed by atoms with Gasteiger partial charge in [0.25, 0.3) is 0 Å². The van der Waals surface area contributed by atoms with E-state index in [0.717, 1.165) is 6.42 Å². The van der Waals surface area contributed by atoms with Gasteiger partial charge < -0.3 is 0 Å². The van der Waals surface area contributed by atoms with Gasteiger partial charge in [-0.2, -0.15) is 0 Å². The Kier molecular flexibility index (Phi) is 5.26. The number of hydrogen-bond donors (Lipinski definition) is 1. The number of nitrogens with one attached hydrogen (secondary N) is 1. The van der Waals surface area contributed by atoms with E-state index in [1.54, 1.807) is 19.1 Å². The van der Waals surface area contributed by atoms with E-state index in [1.165, 1.54) is 13.0 Å². The Morgan fingerprint density at radius 2 is 1.95 bits per heavy atom. The third-order valence-corrected chi connectivity index (χ3v) is 4.50. The second-order valence-electron chi connectivity index (χ2n) is 5.12. The molecule has 1 rings (SSSR count). The molecule has 0 fully saturated rings. The molecular formula is C14H21NO3S. The van der Waals surface area contributed by atoms with E-state index in [1.807, 2.05) is 13.8 Å². The van der Waals surface area contributed by atoms with Crippen LogP contribution in [0.1, 0.15) is 43.1 Å². The lowest BCUT2D eigenvalue weighted by molar-refractivity contribution is 0.101. The quantitative estimate of drug-likeness (QED) is 0.816. The predicted octanol–water partition coefficient (Wildman–Crippen LogP) is 2.52. The average Bonchev–Trinajstić information content (AvgIpc) is 2.28. The summed E-state index contributed by atoms with van der Waals surface area (Å²) in [5, 5.41) is 0. The summed E-state index contributed by atoms with van der Waals surface area (Å²) in [7, 11) is -3.54. The molecule has 0 aliphatic rings. The molecule has 0 unspecified atom stereocenters. The zero-order valence-corrected chi connectivity index (χ0v) is 12.7. The Morgan fingerprint density at radius 1 is 1.32 bits per heavy atom. The Hall–Kier alpha value is -1.20. The van der Waals surface area contributed by atoms with Gasteiger partial charge in [-0.25, -0.2) is 13.1 Å². The molecule has 1 N–H and O–H groups in total. The number of Topliss-reactive ketones (excluding diaryl/α,β-unsaturated/α-hetero) is 1. The SMILES string of the molecule is CC(=O)c1ccc(C)c(S(=O)(=O)NCCC(C)C)c1. The topological polar surface area (TPSA) is 63.2 Å². The third kappa shape index (κ3) is 4.44. The fourth-order valence-corrected chi connectivity index (χ4v) is 2.98. The summed E-state index contributed by atoms with van der Waals surface area (Å²) in [6, 6.07) is 4.74. The zero-order chi connectivity index (χ0) is 14.6. The molecule has 106 valence electrons. The van der Waals surface area contributed by atoms with Crippen molar-refractivity contribution in [2.75, 3.05) is 6.54 Å². The van der Waals surface area contributed by atoms with Crippen LogP contribution in [0.25, 0.3) is 0 Å². The third-order valence-electron chi connectivity index (χ3n) is 2.90. The van der Waals surface area contributed by atoms with Crippen LogP contribution >= 0.6 is 0 Å². The van der Waals surface area contributed by atoms with Crippen LogP contribution in [0.4, 0.5) is 0 Å². The van der Waals surface area contributed by atoms with Crippen molar-refractivity contribution in [3.8, 4) is 0 Å². The maximum absolute atomic E-state index is 12.2. The van der Waals surface area contributed by atoms with E-state index >= 15 is 0 Å². The molecule has 0 bridgehead atoms. The molecule has 0 aliphatic heterocycles. The lowest BCUT2D eigenvalue weighted by Crippen LogP contribution is -2.26. The highest BCUT2D eigenvalue weighted by atomic mass is 32.2. The minimum atomic E-state index is -3.54. The van der Waals surface area contributed by atoms with Crippen LogP contribution in [-0.4, -0.2) is 20.7 Å². The number of sulfonamides is 1. The minimum absolute atomic E-state index is 0.140. The average molecular weight is 283 g/mol. The molecule has 0 aliphatic carbocycles. The van der Waals surface area contributed by atoms with Crippen LogP contribution in [0.15, 0.2) is 23.1 Å². The van der Waals surface area contributed by atoms with Crippen molar-refractivity contribution in [3.05, 3.63) is 29.3 Å². The Balaban J connectivity index is 3.00. The predicted molar refractivity (Wildman–Crippen MR) is 75.8 cm³/mol. The molecule has 0 spiro atoms. The van der Waals surface area contributed by atoms with Gasteiger partial charge in [0.05, 0.1) is 4.90 Å². The molecule has 1 aromatic carbocycles. The van der Waals surface area contributed by atoms with Crippen LogP contribution < -0.4 is 4.72 Å². The van der Waals surface area contributed by atoms with Gasteiger partial charge in [0.1, 0.15) is 0 Å². The van der Waals surface area contributed by atoms with Gasteiger partial charge in [0.15, 0.2) is 5.78 Å². The molecule has 5 heteroatoms. The summed E-state index contributed by atoms with van der Waals surface area (Å²) >= 11 is 0. The van der Waals surface area contributed by atoms with Crippen LogP contribution in [0.5, 0.6) is 0 Å². The number of carbonyl (C=O) groups excluding carboxylic acids is 1. The van der Waals surface area contributed by atoms with Crippen molar-refractivity contribution in [2.24, 2.45) is 5.92 Å². The summed E-state index contributed by atoms with van der Waals surface area (Å²) in [5.74, 6) is 0.297. The molecule has 0 saturated carbocycles. The summed E-state index contributed by atoms with van der Waals surface area (Å²) in [6.07, 6.45) is 0.782. The molecule has 4 nitrogen and oxygen atoms in total. The van der Waals surface area contributed by atoms with E-state index in [9.17, 15) is 13.2 Å². The van der Waals surface area contributed by atoms with Crippen molar-refractivity contribution in [3.63, 3.8) is 0 Å². The second-order valence-corrected chi connectivity index (χ2v) is 6.85. The number of rotatable bonds is 6. The standard InChI is InChI=1S/C14H21NO3S/c1-10(2)7-8-15-19(17,18)14-9-13(12(4)16)6-5-11(14)3/h5-6,9-10,15H,7-8H2,1-4H3. The van der Waals surface area contributed by atoms with E-state index in [4.69, 9.17) is 0 Å². The minimum Gasteiger partial charge on any atom is -0.295 e. The van der Waals surface area contributed by atoms with Crippen LogP contribution in [-0.2, 0) is 10.0 Å². The van der Waals surface area contributed by atoms with Gasteiger partial charge in [0.2, 0.25) is 10.0 Å².